The van der Waals surface area contributed by atoms with Gasteiger partial charge < -0.3 is 9.80 Å². The van der Waals surface area contributed by atoms with Gasteiger partial charge in [0.05, 0.1) is 18.0 Å². The highest BCUT2D eigenvalue weighted by molar-refractivity contribution is 5.93. The third-order valence-corrected chi connectivity index (χ3v) is 4.32. The number of piperidine rings is 1. The van der Waals surface area contributed by atoms with Gasteiger partial charge in [-0.1, -0.05) is 0 Å². The third kappa shape index (κ3) is 3.67. The molecular formula is C16H22N6O. The van der Waals surface area contributed by atoms with Crippen molar-refractivity contribution in [1.82, 2.24) is 24.6 Å². The van der Waals surface area contributed by atoms with Gasteiger partial charge in [-0.3, -0.25) is 14.5 Å². The van der Waals surface area contributed by atoms with E-state index in [2.05, 4.69) is 20.0 Å². The van der Waals surface area contributed by atoms with Crippen molar-refractivity contribution < 1.29 is 4.79 Å². The van der Waals surface area contributed by atoms with Gasteiger partial charge in [-0.2, -0.15) is 5.10 Å². The van der Waals surface area contributed by atoms with Crippen LogP contribution in [0.3, 0.4) is 0 Å². The first-order valence-electron chi connectivity index (χ1n) is 7.88. The number of aromatic nitrogens is 4. The van der Waals surface area contributed by atoms with Crippen LogP contribution in [-0.2, 0) is 7.05 Å². The molecule has 2 aromatic heterocycles. The van der Waals surface area contributed by atoms with Crippen LogP contribution in [0.25, 0.3) is 0 Å². The summed E-state index contributed by atoms with van der Waals surface area (Å²) in [6.45, 7) is 2.69. The van der Waals surface area contributed by atoms with E-state index in [4.69, 9.17) is 0 Å². The van der Waals surface area contributed by atoms with E-state index in [9.17, 15) is 4.79 Å². The average molecular weight is 314 g/mol. The molecule has 0 atom stereocenters. The Labute approximate surface area is 135 Å². The molecule has 7 heteroatoms. The Morgan fingerprint density at radius 1 is 1.30 bits per heavy atom. The second kappa shape index (κ2) is 6.76. The zero-order valence-corrected chi connectivity index (χ0v) is 13.6. The van der Waals surface area contributed by atoms with Crippen LogP contribution in [0.15, 0.2) is 31.0 Å². The molecule has 7 nitrogen and oxygen atoms in total. The Kier molecular flexibility index (Phi) is 4.55. The highest BCUT2D eigenvalue weighted by Gasteiger charge is 2.23. The predicted molar refractivity (Wildman–Crippen MR) is 87.1 cm³/mol. The SMILES string of the molecule is CN(CC1CCN(c2cnccn2)CC1)C(=O)c1cnn(C)c1. The number of hydrogen-bond acceptors (Lipinski definition) is 5. The Hall–Kier alpha value is -2.44. The van der Waals surface area contributed by atoms with Gasteiger partial charge in [-0.05, 0) is 18.8 Å². The molecule has 0 radical (unpaired) electrons. The maximum absolute atomic E-state index is 12.4. The highest BCUT2D eigenvalue weighted by atomic mass is 16.2. The molecule has 0 spiro atoms. The third-order valence-electron chi connectivity index (χ3n) is 4.32. The van der Waals surface area contributed by atoms with Crippen LogP contribution < -0.4 is 4.90 Å². The summed E-state index contributed by atoms with van der Waals surface area (Å²) in [7, 11) is 3.68. The molecule has 0 bridgehead atoms. The molecule has 0 aromatic carbocycles. The fourth-order valence-corrected chi connectivity index (χ4v) is 3.02. The summed E-state index contributed by atoms with van der Waals surface area (Å²) in [5.41, 5.74) is 0.645. The van der Waals surface area contributed by atoms with Gasteiger partial charge in [-0.15, -0.1) is 0 Å². The second-order valence-electron chi connectivity index (χ2n) is 6.08. The lowest BCUT2D eigenvalue weighted by molar-refractivity contribution is 0.0765. The average Bonchev–Trinajstić information content (AvgIpc) is 3.02. The fraction of sp³-hybridized carbons (Fsp3) is 0.500. The number of anilines is 1. The maximum atomic E-state index is 12.4. The van der Waals surface area contributed by atoms with Crippen molar-refractivity contribution in [2.45, 2.75) is 12.8 Å². The van der Waals surface area contributed by atoms with Crippen LogP contribution in [0.1, 0.15) is 23.2 Å². The molecule has 0 saturated carbocycles. The summed E-state index contributed by atoms with van der Waals surface area (Å²) in [4.78, 5) is 24.9. The maximum Gasteiger partial charge on any atom is 0.256 e. The molecule has 122 valence electrons. The summed E-state index contributed by atoms with van der Waals surface area (Å²) >= 11 is 0. The van der Waals surface area contributed by atoms with Crippen LogP contribution in [0.4, 0.5) is 5.82 Å². The highest BCUT2D eigenvalue weighted by Crippen LogP contribution is 2.22. The number of rotatable bonds is 4. The smallest absolute Gasteiger partial charge is 0.256 e. The predicted octanol–water partition coefficient (Wildman–Crippen LogP) is 1.20. The minimum atomic E-state index is 0.0365. The lowest BCUT2D eigenvalue weighted by Gasteiger charge is -2.34. The Morgan fingerprint density at radius 3 is 2.70 bits per heavy atom. The van der Waals surface area contributed by atoms with Gasteiger partial charge >= 0.3 is 0 Å². The van der Waals surface area contributed by atoms with Gasteiger partial charge in [0.15, 0.2) is 0 Å². The van der Waals surface area contributed by atoms with Crippen molar-refractivity contribution in [3.8, 4) is 0 Å². The van der Waals surface area contributed by atoms with Crippen LogP contribution in [-0.4, -0.2) is 57.2 Å². The zero-order chi connectivity index (χ0) is 16.2. The van der Waals surface area contributed by atoms with E-state index in [0.29, 0.717) is 11.5 Å². The first kappa shape index (κ1) is 15.5. The number of aryl methyl sites for hydroxylation is 1. The molecular weight excluding hydrogens is 292 g/mol. The van der Waals surface area contributed by atoms with Gasteiger partial charge in [0.2, 0.25) is 0 Å². The van der Waals surface area contributed by atoms with E-state index in [-0.39, 0.29) is 5.91 Å². The van der Waals surface area contributed by atoms with E-state index in [0.717, 1.165) is 38.3 Å². The van der Waals surface area contributed by atoms with Gasteiger partial charge in [-0.25, -0.2) is 4.98 Å². The largest absolute Gasteiger partial charge is 0.355 e. The van der Waals surface area contributed by atoms with Crippen molar-refractivity contribution in [3.63, 3.8) is 0 Å². The number of hydrogen-bond donors (Lipinski definition) is 0. The summed E-state index contributed by atoms with van der Waals surface area (Å²) in [6.07, 6.45) is 10.7. The summed E-state index contributed by atoms with van der Waals surface area (Å²) in [6, 6.07) is 0. The van der Waals surface area contributed by atoms with Crippen molar-refractivity contribution in [2.24, 2.45) is 13.0 Å². The van der Waals surface area contributed by atoms with Crippen LogP contribution in [0.2, 0.25) is 0 Å². The van der Waals surface area contributed by atoms with Crippen molar-refractivity contribution in [2.75, 3.05) is 31.6 Å². The van der Waals surface area contributed by atoms with Crippen LogP contribution in [0.5, 0.6) is 0 Å². The van der Waals surface area contributed by atoms with E-state index in [1.54, 1.807) is 40.6 Å². The Morgan fingerprint density at radius 2 is 2.09 bits per heavy atom. The number of nitrogens with zero attached hydrogens (tertiary/aromatic N) is 6. The lowest BCUT2D eigenvalue weighted by atomic mass is 9.96. The minimum Gasteiger partial charge on any atom is -0.355 e. The summed E-state index contributed by atoms with van der Waals surface area (Å²) < 4.78 is 1.65. The molecule has 1 aliphatic rings. The molecule has 1 fully saturated rings. The van der Waals surface area contributed by atoms with Gasteiger partial charge in [0.1, 0.15) is 5.82 Å². The fourth-order valence-electron chi connectivity index (χ4n) is 3.02. The monoisotopic (exact) mass is 314 g/mol. The van der Waals surface area contributed by atoms with E-state index in [1.807, 2.05) is 14.1 Å². The molecule has 1 saturated heterocycles. The zero-order valence-electron chi connectivity index (χ0n) is 13.6. The van der Waals surface area contributed by atoms with E-state index >= 15 is 0 Å². The van der Waals surface area contributed by atoms with Gasteiger partial charge in [0.25, 0.3) is 5.91 Å². The number of carbonyl (C=O) groups is 1. The molecule has 1 amide bonds. The standard InChI is InChI=1S/C16H22N6O/c1-20(16(23)14-9-19-21(2)12-14)11-13-3-7-22(8-4-13)15-10-17-5-6-18-15/h5-6,9-10,12-13H,3-4,7-8,11H2,1-2H3. The Bertz CT molecular complexity index is 648. The van der Waals surface area contributed by atoms with Crippen LogP contribution in [0, 0.1) is 5.92 Å². The van der Waals surface area contributed by atoms with Crippen molar-refractivity contribution in [3.05, 3.63) is 36.5 Å². The molecule has 3 heterocycles. The van der Waals surface area contributed by atoms with Gasteiger partial charge in [0, 0.05) is 52.3 Å². The summed E-state index contributed by atoms with van der Waals surface area (Å²) in [5, 5.41) is 4.06. The number of amides is 1. The molecule has 23 heavy (non-hydrogen) atoms. The topological polar surface area (TPSA) is 67.2 Å². The molecule has 0 N–H and O–H groups in total. The minimum absolute atomic E-state index is 0.0365. The molecule has 2 aromatic rings. The summed E-state index contributed by atoms with van der Waals surface area (Å²) in [5.74, 6) is 1.49. The molecule has 0 unspecified atom stereocenters. The molecule has 3 rings (SSSR count). The van der Waals surface area contributed by atoms with E-state index in [1.165, 1.54) is 0 Å². The molecule has 1 aliphatic heterocycles. The first-order valence-corrected chi connectivity index (χ1v) is 7.88. The lowest BCUT2D eigenvalue weighted by Crippen LogP contribution is -2.39. The van der Waals surface area contributed by atoms with Crippen molar-refractivity contribution >= 4 is 11.7 Å². The normalized spacial score (nSPS) is 15.7. The van der Waals surface area contributed by atoms with Crippen LogP contribution >= 0.6 is 0 Å². The quantitative estimate of drug-likeness (QED) is 0.848. The second-order valence-corrected chi connectivity index (χ2v) is 6.08. The van der Waals surface area contributed by atoms with Crippen molar-refractivity contribution in [1.29, 1.82) is 0 Å². The molecule has 0 aliphatic carbocycles. The van der Waals surface area contributed by atoms with E-state index < -0.39 is 0 Å². The first-order chi connectivity index (χ1) is 11.1. The Balaban J connectivity index is 1.51. The number of carbonyl (C=O) groups excluding carboxylic acids is 1.